The molecule has 1 N–H and O–H groups in total. The summed E-state index contributed by atoms with van der Waals surface area (Å²) in [5.41, 5.74) is 0. The van der Waals surface area contributed by atoms with Crippen molar-refractivity contribution in [1.29, 1.82) is 0 Å². The van der Waals surface area contributed by atoms with Crippen molar-refractivity contribution in [2.45, 2.75) is 26.2 Å². The van der Waals surface area contributed by atoms with E-state index in [4.69, 9.17) is 4.74 Å². The number of para-hydroxylation sites is 1. The Morgan fingerprint density at radius 2 is 2.05 bits per heavy atom. The molecule has 2 rings (SSSR count). The van der Waals surface area contributed by atoms with Crippen molar-refractivity contribution in [2.24, 2.45) is 5.92 Å². The molecule has 0 bridgehead atoms. The van der Waals surface area contributed by atoms with Gasteiger partial charge in [-0.3, -0.25) is 4.79 Å². The maximum absolute atomic E-state index is 10.9. The van der Waals surface area contributed by atoms with Gasteiger partial charge in [0.1, 0.15) is 12.0 Å². The molecule has 4 heteroatoms. The molecule has 1 unspecified atom stereocenters. The van der Waals surface area contributed by atoms with E-state index in [1.165, 1.54) is 0 Å². The summed E-state index contributed by atoms with van der Waals surface area (Å²) in [7, 11) is 0. The van der Waals surface area contributed by atoms with Gasteiger partial charge in [-0.2, -0.15) is 0 Å². The molecule has 1 aliphatic rings. The van der Waals surface area contributed by atoms with Crippen molar-refractivity contribution in [1.82, 2.24) is 5.32 Å². The summed E-state index contributed by atoms with van der Waals surface area (Å²) >= 11 is 0. The Morgan fingerprint density at radius 3 is 2.68 bits per heavy atom. The maximum Gasteiger partial charge on any atom is 0.230 e. The van der Waals surface area contributed by atoms with Gasteiger partial charge in [-0.1, -0.05) is 24.6 Å². The van der Waals surface area contributed by atoms with Gasteiger partial charge in [0.2, 0.25) is 5.91 Å². The van der Waals surface area contributed by atoms with Crippen molar-refractivity contribution in [3.63, 3.8) is 0 Å². The van der Waals surface area contributed by atoms with Crippen LogP contribution in [-0.4, -0.2) is 25.3 Å². The number of aldehydes is 1. The fourth-order valence-corrected chi connectivity index (χ4v) is 1.78. The molecule has 1 fully saturated rings. The van der Waals surface area contributed by atoms with Crippen LogP contribution < -0.4 is 10.1 Å². The second kappa shape index (κ2) is 9.14. The lowest BCUT2D eigenvalue weighted by Crippen LogP contribution is -2.29. The first kappa shape index (κ1) is 15.2. The van der Waals surface area contributed by atoms with Gasteiger partial charge in [-0.05, 0) is 31.9 Å². The van der Waals surface area contributed by atoms with Crippen molar-refractivity contribution in [3.8, 4) is 5.75 Å². The summed E-state index contributed by atoms with van der Waals surface area (Å²) < 4.78 is 5.21. The number of nitrogens with one attached hydrogen (secondary N) is 1. The van der Waals surface area contributed by atoms with E-state index in [0.717, 1.165) is 44.4 Å². The van der Waals surface area contributed by atoms with Crippen molar-refractivity contribution >= 4 is 12.2 Å². The van der Waals surface area contributed by atoms with Crippen molar-refractivity contribution in [3.05, 3.63) is 30.3 Å². The van der Waals surface area contributed by atoms with Gasteiger partial charge in [0.25, 0.3) is 0 Å². The number of benzene rings is 1. The number of amides is 1. The minimum absolute atomic E-state index is 0.104. The number of carbonyl (C=O) groups excluding carboxylic acids is 2. The van der Waals surface area contributed by atoms with E-state index in [9.17, 15) is 9.59 Å². The van der Waals surface area contributed by atoms with E-state index in [1.807, 2.05) is 37.3 Å². The molecule has 1 saturated heterocycles. The molecule has 1 atom stereocenters. The zero-order valence-electron chi connectivity index (χ0n) is 11.3. The van der Waals surface area contributed by atoms with Gasteiger partial charge in [-0.25, -0.2) is 0 Å². The number of ether oxygens (including phenoxy) is 1. The predicted octanol–water partition coefficient (Wildman–Crippen LogP) is 2.19. The van der Waals surface area contributed by atoms with Crippen LogP contribution >= 0.6 is 0 Å². The molecule has 0 aliphatic carbocycles. The van der Waals surface area contributed by atoms with Gasteiger partial charge in [-0.15, -0.1) is 0 Å². The molecule has 4 nitrogen and oxygen atoms in total. The van der Waals surface area contributed by atoms with E-state index in [1.54, 1.807) is 0 Å². The summed E-state index contributed by atoms with van der Waals surface area (Å²) in [6, 6.07) is 9.80. The maximum atomic E-state index is 10.9. The summed E-state index contributed by atoms with van der Waals surface area (Å²) in [6.07, 6.45) is 3.42. The molecule has 1 aromatic rings. The van der Waals surface area contributed by atoms with Gasteiger partial charge < -0.3 is 14.8 Å². The molecule has 0 radical (unpaired) electrons. The summed E-state index contributed by atoms with van der Waals surface area (Å²) in [4.78, 5) is 21.2. The van der Waals surface area contributed by atoms with Gasteiger partial charge in [0, 0.05) is 6.54 Å². The Kier molecular flexibility index (Phi) is 7.32. The molecule has 1 amide bonds. The van der Waals surface area contributed by atoms with Crippen LogP contribution in [0.2, 0.25) is 0 Å². The third-order valence-corrected chi connectivity index (χ3v) is 2.80. The average molecular weight is 263 g/mol. The molecule has 0 saturated carbocycles. The molecule has 19 heavy (non-hydrogen) atoms. The molecule has 104 valence electrons. The monoisotopic (exact) mass is 263 g/mol. The van der Waals surface area contributed by atoms with E-state index in [-0.39, 0.29) is 11.8 Å². The Hall–Kier alpha value is -1.84. The summed E-state index contributed by atoms with van der Waals surface area (Å²) in [6.45, 7) is 3.44. The summed E-state index contributed by atoms with van der Waals surface area (Å²) in [5.74, 6) is 0.454. The molecule has 0 aromatic heterocycles. The van der Waals surface area contributed by atoms with Gasteiger partial charge >= 0.3 is 0 Å². The largest absolute Gasteiger partial charge is 0.494 e. The van der Waals surface area contributed by atoms with E-state index in [0.29, 0.717) is 0 Å². The van der Waals surface area contributed by atoms with Crippen molar-refractivity contribution < 1.29 is 14.3 Å². The third-order valence-electron chi connectivity index (χ3n) is 2.80. The number of carbonyl (C=O) groups is 2. The molecule has 0 spiro atoms. The minimum atomic E-state index is -0.387. The Bertz CT molecular complexity index is 378. The van der Waals surface area contributed by atoms with Crippen LogP contribution in [0.3, 0.4) is 0 Å². The van der Waals surface area contributed by atoms with Gasteiger partial charge in [0.15, 0.2) is 0 Å². The molecule has 1 aromatic carbocycles. The Labute approximate surface area is 114 Å². The fraction of sp³-hybridized carbons (Fsp3) is 0.467. The highest BCUT2D eigenvalue weighted by atomic mass is 16.5. The topological polar surface area (TPSA) is 55.4 Å². The standard InChI is InChI=1S/C8H10O.C7H11NO2/c1-2-9-8-6-4-3-5-7-8;9-5-6-3-1-2-4-8-7(6)10/h3-7H,2H2,1H3;5-6H,1-4H2,(H,8,10). The minimum Gasteiger partial charge on any atom is -0.494 e. The summed E-state index contributed by atoms with van der Waals surface area (Å²) in [5, 5.41) is 2.68. The highest BCUT2D eigenvalue weighted by Gasteiger charge is 2.18. The quantitative estimate of drug-likeness (QED) is 0.672. The van der Waals surface area contributed by atoms with Crippen LogP contribution in [0.5, 0.6) is 5.75 Å². The first-order chi connectivity index (χ1) is 9.27. The van der Waals surface area contributed by atoms with E-state index >= 15 is 0 Å². The first-order valence-electron chi connectivity index (χ1n) is 6.68. The van der Waals surface area contributed by atoms with E-state index in [2.05, 4.69) is 5.32 Å². The zero-order chi connectivity index (χ0) is 13.9. The van der Waals surface area contributed by atoms with Crippen molar-refractivity contribution in [2.75, 3.05) is 13.2 Å². The third kappa shape index (κ3) is 6.04. The second-order valence-electron chi connectivity index (χ2n) is 4.28. The molecule has 1 aliphatic heterocycles. The number of hydrogen-bond acceptors (Lipinski definition) is 3. The number of rotatable bonds is 3. The van der Waals surface area contributed by atoms with Gasteiger partial charge in [0.05, 0.1) is 12.5 Å². The highest BCUT2D eigenvalue weighted by molar-refractivity contribution is 5.91. The molecular formula is C15H21NO3. The fourth-order valence-electron chi connectivity index (χ4n) is 1.78. The second-order valence-corrected chi connectivity index (χ2v) is 4.28. The van der Waals surface area contributed by atoms with Crippen LogP contribution in [0.4, 0.5) is 0 Å². The smallest absolute Gasteiger partial charge is 0.230 e. The van der Waals surface area contributed by atoms with Crippen LogP contribution in [0.15, 0.2) is 30.3 Å². The lowest BCUT2D eigenvalue weighted by molar-refractivity contribution is -0.128. The van der Waals surface area contributed by atoms with Crippen LogP contribution in [0, 0.1) is 5.92 Å². The Balaban J connectivity index is 0.000000191. The van der Waals surface area contributed by atoms with Crippen LogP contribution in [0.25, 0.3) is 0 Å². The normalized spacial score (nSPS) is 18.4. The van der Waals surface area contributed by atoms with E-state index < -0.39 is 0 Å². The predicted molar refractivity (Wildman–Crippen MR) is 74.0 cm³/mol. The van der Waals surface area contributed by atoms with Crippen LogP contribution in [-0.2, 0) is 9.59 Å². The number of hydrogen-bond donors (Lipinski definition) is 1. The highest BCUT2D eigenvalue weighted by Crippen LogP contribution is 2.09. The first-order valence-corrected chi connectivity index (χ1v) is 6.68. The average Bonchev–Trinajstić information content (AvgIpc) is 2.65. The SMILES string of the molecule is CCOc1ccccc1.O=CC1CCCCNC1=O. The zero-order valence-corrected chi connectivity index (χ0v) is 11.3. The lowest BCUT2D eigenvalue weighted by atomic mass is 10.1. The van der Waals surface area contributed by atoms with Crippen LogP contribution in [0.1, 0.15) is 26.2 Å². The molecular weight excluding hydrogens is 242 g/mol. The Morgan fingerprint density at radius 1 is 1.32 bits per heavy atom. The lowest BCUT2D eigenvalue weighted by Gasteiger charge is -2.02. The molecule has 1 heterocycles.